The highest BCUT2D eigenvalue weighted by Gasteiger charge is 2.34. The van der Waals surface area contributed by atoms with Gasteiger partial charge in [0.2, 0.25) is 11.8 Å². The van der Waals surface area contributed by atoms with Gasteiger partial charge in [-0.3, -0.25) is 9.59 Å². The molecule has 0 bridgehead atoms. The normalized spacial score (nSPS) is 16.7. The first-order chi connectivity index (χ1) is 12.1. The van der Waals surface area contributed by atoms with Gasteiger partial charge < -0.3 is 15.0 Å². The van der Waals surface area contributed by atoms with E-state index in [4.69, 9.17) is 4.74 Å². The first kappa shape index (κ1) is 17.5. The summed E-state index contributed by atoms with van der Waals surface area (Å²) < 4.78 is 5.34. The molecule has 2 aromatic rings. The maximum Gasteiger partial charge on any atom is 0.247 e. The van der Waals surface area contributed by atoms with Gasteiger partial charge in [0.15, 0.2) is 0 Å². The van der Waals surface area contributed by atoms with Gasteiger partial charge in [-0.15, -0.1) is 11.3 Å². The minimum atomic E-state index is -0.418. The van der Waals surface area contributed by atoms with Crippen LogP contribution in [0.1, 0.15) is 23.3 Å². The summed E-state index contributed by atoms with van der Waals surface area (Å²) in [6.45, 7) is 2.60. The second-order valence-electron chi connectivity index (χ2n) is 6.19. The molecule has 1 saturated heterocycles. The van der Waals surface area contributed by atoms with Crippen LogP contribution >= 0.6 is 11.3 Å². The Kier molecular flexibility index (Phi) is 5.38. The second kappa shape index (κ2) is 7.70. The first-order valence-electron chi connectivity index (χ1n) is 8.36. The lowest BCUT2D eigenvalue weighted by molar-refractivity contribution is -0.136. The van der Waals surface area contributed by atoms with Crippen molar-refractivity contribution in [2.24, 2.45) is 0 Å². The van der Waals surface area contributed by atoms with E-state index in [9.17, 15) is 9.59 Å². The van der Waals surface area contributed by atoms with Gasteiger partial charge in [-0.05, 0) is 48.9 Å². The molecule has 0 aliphatic carbocycles. The van der Waals surface area contributed by atoms with E-state index in [-0.39, 0.29) is 11.8 Å². The van der Waals surface area contributed by atoms with Crippen LogP contribution in [-0.2, 0) is 16.0 Å². The fraction of sp³-hybridized carbons (Fsp3) is 0.368. The number of thiophene rings is 1. The summed E-state index contributed by atoms with van der Waals surface area (Å²) in [4.78, 5) is 28.0. The second-order valence-corrected chi connectivity index (χ2v) is 7.23. The summed E-state index contributed by atoms with van der Waals surface area (Å²) in [6.07, 6.45) is 1.89. The predicted molar refractivity (Wildman–Crippen MR) is 99.1 cm³/mol. The van der Waals surface area contributed by atoms with Crippen LogP contribution in [0.3, 0.4) is 0 Å². The molecule has 1 atom stereocenters. The highest BCUT2D eigenvalue weighted by molar-refractivity contribution is 7.10. The number of hydrogen-bond acceptors (Lipinski definition) is 4. The van der Waals surface area contributed by atoms with Gasteiger partial charge in [0.05, 0.1) is 19.2 Å². The first-order valence-corrected chi connectivity index (χ1v) is 9.24. The highest BCUT2D eigenvalue weighted by atomic mass is 32.1. The van der Waals surface area contributed by atoms with Crippen molar-refractivity contribution in [3.63, 3.8) is 0 Å². The van der Waals surface area contributed by atoms with Crippen LogP contribution in [-0.4, -0.2) is 36.4 Å². The zero-order valence-electron chi connectivity index (χ0n) is 14.5. The molecule has 25 heavy (non-hydrogen) atoms. The SMILES string of the molecule is COc1cc(C)ccc1NC(=O)C1CCCN1C(=O)Cc1cccs1. The number of methoxy groups -OCH3 is 1. The van der Waals surface area contributed by atoms with E-state index in [1.54, 1.807) is 23.3 Å². The van der Waals surface area contributed by atoms with Crippen molar-refractivity contribution < 1.29 is 14.3 Å². The molecule has 1 unspecified atom stereocenters. The average molecular weight is 358 g/mol. The van der Waals surface area contributed by atoms with Crippen LogP contribution < -0.4 is 10.1 Å². The maximum absolute atomic E-state index is 12.7. The topological polar surface area (TPSA) is 58.6 Å². The standard InChI is InChI=1S/C19H22N2O3S/c1-13-7-8-15(17(11-13)24-2)20-19(23)16-6-3-9-21(16)18(22)12-14-5-4-10-25-14/h4-5,7-8,10-11,16H,3,6,9,12H2,1-2H3,(H,20,23). The molecular weight excluding hydrogens is 336 g/mol. The van der Waals surface area contributed by atoms with Gasteiger partial charge in [0.1, 0.15) is 11.8 Å². The largest absolute Gasteiger partial charge is 0.495 e. The number of anilines is 1. The Morgan fingerprint density at radius 1 is 1.36 bits per heavy atom. The Hall–Kier alpha value is -2.34. The molecule has 2 heterocycles. The minimum absolute atomic E-state index is 0.0102. The molecule has 132 valence electrons. The Bertz CT molecular complexity index is 758. The number of carbonyl (C=O) groups excluding carboxylic acids is 2. The van der Waals surface area contributed by atoms with E-state index in [2.05, 4.69) is 5.32 Å². The fourth-order valence-corrected chi connectivity index (χ4v) is 3.82. The number of hydrogen-bond donors (Lipinski definition) is 1. The third kappa shape index (κ3) is 4.02. The lowest BCUT2D eigenvalue weighted by Gasteiger charge is -2.24. The van der Waals surface area contributed by atoms with E-state index in [1.807, 2.05) is 42.6 Å². The predicted octanol–water partition coefficient (Wildman–Crippen LogP) is 3.24. The van der Waals surface area contributed by atoms with Crippen LogP contribution in [0, 0.1) is 6.92 Å². The quantitative estimate of drug-likeness (QED) is 0.893. The molecular formula is C19H22N2O3S. The van der Waals surface area contributed by atoms with Crippen molar-refractivity contribution in [2.75, 3.05) is 19.0 Å². The summed E-state index contributed by atoms with van der Waals surface area (Å²) in [5.41, 5.74) is 1.69. The molecule has 3 rings (SSSR count). The lowest BCUT2D eigenvalue weighted by atomic mass is 10.1. The van der Waals surface area contributed by atoms with E-state index in [0.717, 1.165) is 16.9 Å². The zero-order valence-corrected chi connectivity index (χ0v) is 15.3. The van der Waals surface area contributed by atoms with Gasteiger partial charge >= 0.3 is 0 Å². The summed E-state index contributed by atoms with van der Waals surface area (Å²) in [7, 11) is 1.58. The van der Waals surface area contributed by atoms with Crippen molar-refractivity contribution in [3.05, 3.63) is 46.2 Å². The number of rotatable bonds is 5. The van der Waals surface area contributed by atoms with Crippen molar-refractivity contribution in [2.45, 2.75) is 32.2 Å². The van der Waals surface area contributed by atoms with Crippen LogP contribution in [0.25, 0.3) is 0 Å². The molecule has 0 saturated carbocycles. The maximum atomic E-state index is 12.7. The lowest BCUT2D eigenvalue weighted by Crippen LogP contribution is -2.43. The molecule has 6 heteroatoms. The molecule has 1 fully saturated rings. The zero-order chi connectivity index (χ0) is 17.8. The van der Waals surface area contributed by atoms with Crippen molar-refractivity contribution >= 4 is 28.8 Å². The summed E-state index contributed by atoms with van der Waals surface area (Å²) >= 11 is 1.56. The van der Waals surface area contributed by atoms with Crippen LogP contribution in [0.2, 0.25) is 0 Å². The monoisotopic (exact) mass is 358 g/mol. The molecule has 2 amide bonds. The van der Waals surface area contributed by atoms with E-state index >= 15 is 0 Å². The number of nitrogens with one attached hydrogen (secondary N) is 1. The van der Waals surface area contributed by atoms with Crippen LogP contribution in [0.15, 0.2) is 35.7 Å². The molecule has 1 aliphatic heterocycles. The number of aryl methyl sites for hydroxylation is 1. The number of amides is 2. The van der Waals surface area contributed by atoms with Crippen molar-refractivity contribution in [1.82, 2.24) is 4.90 Å². The minimum Gasteiger partial charge on any atom is -0.495 e. The van der Waals surface area contributed by atoms with Gasteiger partial charge in [0.25, 0.3) is 0 Å². The number of carbonyl (C=O) groups is 2. The van der Waals surface area contributed by atoms with E-state index in [0.29, 0.717) is 30.8 Å². The number of nitrogens with zero attached hydrogens (tertiary/aromatic N) is 1. The molecule has 1 aromatic heterocycles. The molecule has 1 aliphatic rings. The Balaban J connectivity index is 1.69. The van der Waals surface area contributed by atoms with Gasteiger partial charge in [-0.2, -0.15) is 0 Å². The van der Waals surface area contributed by atoms with E-state index in [1.165, 1.54) is 0 Å². The van der Waals surface area contributed by atoms with Gasteiger partial charge in [-0.25, -0.2) is 0 Å². The average Bonchev–Trinajstić information content (AvgIpc) is 3.27. The van der Waals surface area contributed by atoms with Crippen molar-refractivity contribution in [3.8, 4) is 5.75 Å². The summed E-state index contributed by atoms with van der Waals surface area (Å²) in [5, 5.41) is 4.88. The third-order valence-electron chi connectivity index (χ3n) is 4.40. The molecule has 1 aromatic carbocycles. The van der Waals surface area contributed by atoms with Gasteiger partial charge in [-0.1, -0.05) is 12.1 Å². The number of likely N-dealkylation sites (tertiary alicyclic amines) is 1. The van der Waals surface area contributed by atoms with Gasteiger partial charge in [0, 0.05) is 11.4 Å². The number of benzene rings is 1. The fourth-order valence-electron chi connectivity index (χ4n) is 3.12. The van der Waals surface area contributed by atoms with E-state index < -0.39 is 6.04 Å². The summed E-state index contributed by atoms with van der Waals surface area (Å²) in [6, 6.07) is 9.10. The van der Waals surface area contributed by atoms with Crippen LogP contribution in [0.4, 0.5) is 5.69 Å². The molecule has 0 radical (unpaired) electrons. The Morgan fingerprint density at radius 3 is 2.92 bits per heavy atom. The Labute approximate surface area is 151 Å². The Morgan fingerprint density at radius 2 is 2.20 bits per heavy atom. The van der Waals surface area contributed by atoms with Crippen molar-refractivity contribution in [1.29, 1.82) is 0 Å². The summed E-state index contributed by atoms with van der Waals surface area (Å²) in [5.74, 6) is 0.484. The van der Waals surface area contributed by atoms with Crippen LogP contribution in [0.5, 0.6) is 5.75 Å². The molecule has 5 nitrogen and oxygen atoms in total. The number of ether oxygens (including phenoxy) is 1. The smallest absolute Gasteiger partial charge is 0.247 e. The third-order valence-corrected chi connectivity index (χ3v) is 5.27. The molecule has 0 spiro atoms. The molecule has 1 N–H and O–H groups in total. The highest BCUT2D eigenvalue weighted by Crippen LogP contribution is 2.27.